The Bertz CT molecular complexity index is 4010. The van der Waals surface area contributed by atoms with Crippen molar-refractivity contribution in [3.05, 3.63) is 180 Å². The predicted molar refractivity (Wildman–Crippen MR) is 390 cm³/mol. The maximum atomic E-state index is 12.9. The molecule has 0 bridgehead atoms. The van der Waals surface area contributed by atoms with Gasteiger partial charge < -0.3 is 36.2 Å². The molecule has 5 aromatic heterocycles. The Morgan fingerprint density at radius 2 is 1.13 bits per heavy atom. The molecule has 502 valence electrons. The van der Waals surface area contributed by atoms with Crippen LogP contribution < -0.4 is 31.5 Å². The van der Waals surface area contributed by atoms with E-state index in [4.69, 9.17) is 10.5 Å². The zero-order chi connectivity index (χ0) is 66.4. The van der Waals surface area contributed by atoms with Crippen LogP contribution in [0, 0.1) is 39.5 Å². The quantitative estimate of drug-likeness (QED) is 0.0546. The first-order valence-electron chi connectivity index (χ1n) is 34.3. The molecule has 4 aliphatic rings. The summed E-state index contributed by atoms with van der Waals surface area (Å²) < 4.78 is 32.2. The van der Waals surface area contributed by atoms with Crippen molar-refractivity contribution in [2.75, 3.05) is 94.7 Å². The predicted octanol–water partition coefficient (Wildman–Crippen LogP) is 16.4. The van der Waals surface area contributed by atoms with Crippen LogP contribution in [0.4, 0.5) is 25.8 Å². The molecule has 95 heavy (non-hydrogen) atoms. The number of carbonyl (C=O) groups excluding carboxylic acids is 3. The Kier molecular flexibility index (Phi) is 24.0. The van der Waals surface area contributed by atoms with E-state index in [-0.39, 0.29) is 29.0 Å². The van der Waals surface area contributed by atoms with Crippen molar-refractivity contribution in [2.24, 2.45) is 11.8 Å². The molecular formula is C77H93F2N9O4S3. The van der Waals surface area contributed by atoms with Gasteiger partial charge in [0.25, 0.3) is 24.1 Å². The molecule has 5 N–H and O–H groups in total. The smallest absolute Gasteiger partial charge is 0.265 e. The second-order valence-corrected chi connectivity index (χ2v) is 29.5. The minimum atomic E-state index is -2.63. The van der Waals surface area contributed by atoms with E-state index >= 15 is 0 Å². The van der Waals surface area contributed by atoms with Gasteiger partial charge in [0.15, 0.2) is 0 Å². The SMILES string of the molecule is COCCC1CCC(c2ccc(CCNC(=O)c3sc4cc(C)ccc4c3C)cc2)CC1.Cc1ccc2c(C)c(C(=O)NCCc3ccc(N4CCN(CC5CCC5)CC4)cc3)sc2n1.Nc1c(C(=O)NCCc2ccc(N3CCCCC3)cc2)sc2ncc(C(F)F)cc12. The van der Waals surface area contributed by atoms with Crippen molar-refractivity contribution < 1.29 is 27.9 Å². The molecule has 4 aromatic carbocycles. The number of halogens is 2. The molecule has 13 nitrogen and oxygen atoms in total. The van der Waals surface area contributed by atoms with Crippen LogP contribution in [-0.4, -0.2) is 112 Å². The Hall–Kier alpha value is -7.35. The van der Waals surface area contributed by atoms with Crippen LogP contribution in [0.5, 0.6) is 0 Å². The summed E-state index contributed by atoms with van der Waals surface area (Å²) in [5.74, 6) is 2.23. The number of hydrogen-bond donors (Lipinski definition) is 4. The fourth-order valence-electron chi connectivity index (χ4n) is 13.6. The van der Waals surface area contributed by atoms with Crippen molar-refractivity contribution >= 4 is 99.3 Å². The minimum absolute atomic E-state index is 0.00421. The highest BCUT2D eigenvalue weighted by Gasteiger charge is 2.26. The second kappa shape index (κ2) is 33.1. The summed E-state index contributed by atoms with van der Waals surface area (Å²) in [5, 5.41) is 11.8. The van der Waals surface area contributed by atoms with E-state index in [0.29, 0.717) is 47.1 Å². The average Bonchev–Trinajstić information content (AvgIpc) is 1.70. The number of fused-ring (bicyclic) bond motifs is 3. The van der Waals surface area contributed by atoms with E-state index < -0.39 is 6.43 Å². The molecule has 3 amide bonds. The standard InChI is InChI=1S/C28H35NO2S.C27H34N4OS.C22H24F2N4OS/c1-19-4-13-25-20(2)27(32-26(25)18-19)28(30)29-16-14-21-5-9-23(10-6-21)24-11-7-22(8-12-24)15-17-31-3;1-19-6-11-24-20(2)25(33-27(24)29-19)26(32)28-13-12-21-7-9-23(10-8-21)31-16-14-30(15-17-31)18-22-4-3-5-22;23-20(24)15-12-17-18(25)19(30-22(17)27-13-15)21(29)26-9-8-14-4-6-16(7-5-14)28-10-2-1-3-11-28/h4-6,9-10,13,18,22,24H,7-8,11-12,14-17H2,1-3H3,(H,29,30);6-11,22H,3-5,12-18H2,1-2H3,(H,28,32);4-7,12-13,20H,1-3,8-11,25H2,(H,26,29). The number of anilines is 3. The third-order valence-electron chi connectivity index (χ3n) is 19.7. The Labute approximate surface area is 571 Å². The van der Waals surface area contributed by atoms with Crippen LogP contribution in [0.15, 0.2) is 115 Å². The summed E-state index contributed by atoms with van der Waals surface area (Å²) >= 11 is 4.20. The molecule has 2 saturated carbocycles. The number of pyridine rings is 2. The van der Waals surface area contributed by atoms with Gasteiger partial charge in [-0.2, -0.15) is 0 Å². The normalized spacial score (nSPS) is 16.9. The number of aromatic nitrogens is 2. The van der Waals surface area contributed by atoms with E-state index in [1.165, 1.54) is 151 Å². The summed E-state index contributed by atoms with van der Waals surface area (Å²) in [6.07, 6.45) is 15.4. The topological polar surface area (TPSA) is 158 Å². The molecular weight excluding hydrogens is 1250 g/mol. The molecule has 18 heteroatoms. The maximum absolute atomic E-state index is 12.9. The average molecular weight is 1340 g/mol. The highest BCUT2D eigenvalue weighted by Crippen LogP contribution is 2.39. The molecule has 0 radical (unpaired) electrons. The number of aryl methyl sites for hydroxylation is 4. The number of alkyl halides is 2. The lowest BCUT2D eigenvalue weighted by Gasteiger charge is -2.39. The molecule has 2 saturated heterocycles. The third-order valence-corrected chi connectivity index (χ3v) is 23.3. The summed E-state index contributed by atoms with van der Waals surface area (Å²) in [6, 6.07) is 38.2. The lowest BCUT2D eigenvalue weighted by molar-refractivity contribution is 0.0949. The number of nitrogens with one attached hydrogen (secondary N) is 3. The van der Waals surface area contributed by atoms with Crippen LogP contribution >= 0.6 is 34.0 Å². The first kappa shape index (κ1) is 69.0. The molecule has 2 aliphatic heterocycles. The number of amides is 3. The molecule has 13 rings (SSSR count). The van der Waals surface area contributed by atoms with Gasteiger partial charge in [0, 0.05) is 123 Å². The Balaban J connectivity index is 0.000000145. The number of piperazine rings is 1. The number of nitrogens with two attached hydrogens (primary N) is 1. The fraction of sp³-hybridized carbons (Fsp3) is 0.442. The number of nitrogens with zero attached hydrogens (tertiary/aromatic N) is 5. The van der Waals surface area contributed by atoms with E-state index in [2.05, 4.69) is 145 Å². The molecule has 0 spiro atoms. The van der Waals surface area contributed by atoms with Crippen LogP contribution in [0.25, 0.3) is 30.5 Å². The van der Waals surface area contributed by atoms with E-state index in [1.54, 1.807) is 18.4 Å². The van der Waals surface area contributed by atoms with Gasteiger partial charge in [-0.05, 0) is 222 Å². The Morgan fingerprint density at radius 1 is 0.579 bits per heavy atom. The van der Waals surface area contributed by atoms with Gasteiger partial charge in [0.2, 0.25) is 0 Å². The molecule has 9 aromatic rings. The molecule has 0 unspecified atom stereocenters. The van der Waals surface area contributed by atoms with Crippen molar-refractivity contribution in [1.82, 2.24) is 30.8 Å². The van der Waals surface area contributed by atoms with Crippen LogP contribution in [0.1, 0.15) is 162 Å². The fourth-order valence-corrected chi connectivity index (χ4v) is 16.9. The second-order valence-electron chi connectivity index (χ2n) is 26.4. The highest BCUT2D eigenvalue weighted by atomic mass is 32.1. The van der Waals surface area contributed by atoms with Gasteiger partial charge in [-0.25, -0.2) is 18.7 Å². The lowest BCUT2D eigenvalue weighted by atomic mass is 9.77. The number of hydrogen-bond acceptors (Lipinski definition) is 13. The Morgan fingerprint density at radius 3 is 1.71 bits per heavy atom. The van der Waals surface area contributed by atoms with E-state index in [0.717, 1.165) is 117 Å². The third kappa shape index (κ3) is 18.0. The van der Waals surface area contributed by atoms with Gasteiger partial charge in [0.05, 0.1) is 15.4 Å². The van der Waals surface area contributed by atoms with E-state index in [1.807, 2.05) is 26.8 Å². The van der Waals surface area contributed by atoms with Gasteiger partial charge in [-0.15, -0.1) is 34.0 Å². The number of thiophene rings is 3. The molecule has 2 aliphatic carbocycles. The molecule has 4 fully saturated rings. The first-order valence-corrected chi connectivity index (χ1v) is 36.7. The van der Waals surface area contributed by atoms with Crippen molar-refractivity contribution in [3.8, 4) is 0 Å². The largest absolute Gasteiger partial charge is 0.397 e. The van der Waals surface area contributed by atoms with Gasteiger partial charge in [-0.3, -0.25) is 19.3 Å². The monoisotopic (exact) mass is 1340 g/mol. The molecule has 7 heterocycles. The summed E-state index contributed by atoms with van der Waals surface area (Å²) in [5.41, 5.74) is 18.1. The number of ether oxygens (including phenoxy) is 1. The molecule has 0 atom stereocenters. The maximum Gasteiger partial charge on any atom is 0.265 e. The van der Waals surface area contributed by atoms with Crippen molar-refractivity contribution in [3.63, 3.8) is 0 Å². The van der Waals surface area contributed by atoms with Gasteiger partial charge in [-0.1, -0.05) is 67.1 Å². The summed E-state index contributed by atoms with van der Waals surface area (Å²) in [7, 11) is 1.80. The zero-order valence-corrected chi connectivity index (χ0v) is 58.3. The number of benzene rings is 4. The van der Waals surface area contributed by atoms with Crippen molar-refractivity contribution in [2.45, 2.75) is 130 Å². The summed E-state index contributed by atoms with van der Waals surface area (Å²) in [4.78, 5) is 57.5. The van der Waals surface area contributed by atoms with Crippen LogP contribution in [-0.2, 0) is 24.0 Å². The minimum Gasteiger partial charge on any atom is -0.397 e. The number of carbonyl (C=O) groups is 3. The number of nitrogen functional groups attached to an aromatic ring is 1. The summed E-state index contributed by atoms with van der Waals surface area (Å²) in [6.45, 7) is 18.9. The van der Waals surface area contributed by atoms with Crippen LogP contribution in [0.2, 0.25) is 0 Å². The number of rotatable bonds is 21. The lowest BCUT2D eigenvalue weighted by Crippen LogP contribution is -2.48. The number of piperidine rings is 1. The van der Waals surface area contributed by atoms with Crippen LogP contribution in [0.3, 0.4) is 0 Å². The van der Waals surface area contributed by atoms with Crippen molar-refractivity contribution in [1.29, 1.82) is 0 Å². The first-order chi connectivity index (χ1) is 46.1. The zero-order valence-electron chi connectivity index (χ0n) is 55.9. The number of methoxy groups -OCH3 is 1. The van der Waals surface area contributed by atoms with Gasteiger partial charge >= 0.3 is 0 Å². The highest BCUT2D eigenvalue weighted by molar-refractivity contribution is 7.21. The van der Waals surface area contributed by atoms with E-state index in [9.17, 15) is 23.2 Å². The van der Waals surface area contributed by atoms with Gasteiger partial charge in [0.1, 0.15) is 14.5 Å².